The van der Waals surface area contributed by atoms with Gasteiger partial charge < -0.3 is 10.6 Å². The number of hydrogen-bond donors (Lipinski definition) is 2. The van der Waals surface area contributed by atoms with E-state index in [4.69, 9.17) is 0 Å². The molecule has 7 heteroatoms. The summed E-state index contributed by atoms with van der Waals surface area (Å²) in [6, 6.07) is 19.2. The molecule has 160 valence electrons. The first-order valence-corrected chi connectivity index (χ1v) is 11.4. The second-order valence-electron chi connectivity index (χ2n) is 6.98. The quantitative estimate of drug-likeness (QED) is 0.356. The fraction of sp³-hybridized carbons (Fsp3) is 0.167. The third kappa shape index (κ3) is 6.42. The van der Waals surface area contributed by atoms with E-state index in [2.05, 4.69) is 26.6 Å². The van der Waals surface area contributed by atoms with Crippen molar-refractivity contribution in [2.24, 2.45) is 0 Å². The van der Waals surface area contributed by atoms with E-state index in [-0.39, 0.29) is 17.5 Å². The number of nitrogens with one attached hydrogen (secondary N) is 2. The van der Waals surface area contributed by atoms with Gasteiger partial charge in [-0.1, -0.05) is 46.6 Å². The van der Waals surface area contributed by atoms with Gasteiger partial charge in [0.05, 0.1) is 10.9 Å². The van der Waals surface area contributed by atoms with Crippen LogP contribution in [0.5, 0.6) is 0 Å². The van der Waals surface area contributed by atoms with Crippen LogP contribution < -0.4 is 10.6 Å². The van der Waals surface area contributed by atoms with Crippen LogP contribution in [0.1, 0.15) is 29.3 Å². The molecule has 1 unspecified atom stereocenters. The Morgan fingerprint density at radius 2 is 1.81 bits per heavy atom. The second kappa shape index (κ2) is 10.6. The molecule has 0 aromatic heterocycles. The van der Waals surface area contributed by atoms with Crippen LogP contribution in [0, 0.1) is 12.7 Å². The van der Waals surface area contributed by atoms with Gasteiger partial charge in [0.25, 0.3) is 5.91 Å². The highest BCUT2D eigenvalue weighted by Gasteiger charge is 2.19. The van der Waals surface area contributed by atoms with Crippen LogP contribution in [0.2, 0.25) is 0 Å². The second-order valence-corrected chi connectivity index (χ2v) is 9.17. The summed E-state index contributed by atoms with van der Waals surface area (Å²) in [7, 11) is 0. The average Bonchev–Trinajstić information content (AvgIpc) is 2.74. The molecule has 2 N–H and O–H groups in total. The van der Waals surface area contributed by atoms with Gasteiger partial charge in [-0.25, -0.2) is 4.39 Å². The SMILES string of the molecule is CCC(Sc1cccc(NC(=O)c2cccc(C)c2)c1)C(=O)Nc1ccc(Br)cc1F. The predicted molar refractivity (Wildman–Crippen MR) is 128 cm³/mol. The number of carbonyl (C=O) groups is 2. The average molecular weight is 501 g/mol. The molecular formula is C24H22BrFN2O2S. The van der Waals surface area contributed by atoms with Crippen LogP contribution in [0.15, 0.2) is 76.1 Å². The van der Waals surface area contributed by atoms with Gasteiger partial charge in [-0.05, 0) is 61.9 Å². The van der Waals surface area contributed by atoms with Crippen molar-refractivity contribution in [2.45, 2.75) is 30.4 Å². The Morgan fingerprint density at radius 1 is 1.03 bits per heavy atom. The van der Waals surface area contributed by atoms with E-state index in [9.17, 15) is 14.0 Å². The standard InChI is InChI=1S/C24H22BrFN2O2S/c1-3-22(24(30)28-21-11-10-17(25)13-20(21)26)31-19-9-5-8-18(14-19)27-23(29)16-7-4-6-15(2)12-16/h4-14,22H,3H2,1-2H3,(H,27,29)(H,28,30). The summed E-state index contributed by atoms with van der Waals surface area (Å²) >= 11 is 4.57. The van der Waals surface area contributed by atoms with Gasteiger partial charge in [-0.3, -0.25) is 9.59 Å². The smallest absolute Gasteiger partial charge is 0.255 e. The van der Waals surface area contributed by atoms with Crippen LogP contribution in [0.3, 0.4) is 0 Å². The van der Waals surface area contributed by atoms with Crippen molar-refractivity contribution in [3.8, 4) is 0 Å². The van der Waals surface area contributed by atoms with E-state index < -0.39 is 11.1 Å². The number of amides is 2. The van der Waals surface area contributed by atoms with Gasteiger partial charge in [-0.15, -0.1) is 11.8 Å². The van der Waals surface area contributed by atoms with E-state index in [1.165, 1.54) is 23.9 Å². The fourth-order valence-corrected chi connectivity index (χ4v) is 4.27. The summed E-state index contributed by atoms with van der Waals surface area (Å²) in [5, 5.41) is 5.14. The zero-order valence-electron chi connectivity index (χ0n) is 17.1. The van der Waals surface area contributed by atoms with Crippen molar-refractivity contribution in [1.82, 2.24) is 0 Å². The Labute approximate surface area is 193 Å². The molecule has 1 atom stereocenters. The first kappa shape index (κ1) is 23.0. The predicted octanol–water partition coefficient (Wildman–Crippen LogP) is 6.66. The fourth-order valence-electron chi connectivity index (χ4n) is 2.93. The van der Waals surface area contributed by atoms with Gasteiger partial charge in [0.15, 0.2) is 0 Å². The lowest BCUT2D eigenvalue weighted by atomic mass is 10.1. The van der Waals surface area contributed by atoms with Crippen molar-refractivity contribution >= 4 is 50.9 Å². The topological polar surface area (TPSA) is 58.2 Å². The van der Waals surface area contributed by atoms with Crippen LogP contribution >= 0.6 is 27.7 Å². The highest BCUT2D eigenvalue weighted by atomic mass is 79.9. The number of benzene rings is 3. The number of rotatable bonds is 7. The van der Waals surface area contributed by atoms with Gasteiger partial charge in [-0.2, -0.15) is 0 Å². The van der Waals surface area contributed by atoms with Crippen molar-refractivity contribution in [3.63, 3.8) is 0 Å². The Bertz CT molecular complexity index is 1110. The molecule has 3 rings (SSSR count). The monoisotopic (exact) mass is 500 g/mol. The molecule has 3 aromatic rings. The molecule has 0 fully saturated rings. The van der Waals surface area contributed by atoms with Crippen LogP contribution in [-0.4, -0.2) is 17.1 Å². The zero-order chi connectivity index (χ0) is 22.4. The van der Waals surface area contributed by atoms with Crippen molar-refractivity contribution in [1.29, 1.82) is 0 Å². The molecule has 4 nitrogen and oxygen atoms in total. The lowest BCUT2D eigenvalue weighted by molar-refractivity contribution is -0.115. The van der Waals surface area contributed by atoms with Crippen LogP contribution in [-0.2, 0) is 4.79 Å². The third-order valence-corrected chi connectivity index (χ3v) is 6.35. The molecule has 31 heavy (non-hydrogen) atoms. The molecule has 0 saturated heterocycles. The first-order chi connectivity index (χ1) is 14.9. The minimum atomic E-state index is -0.497. The normalized spacial score (nSPS) is 11.6. The Kier molecular flexibility index (Phi) is 7.87. The number of anilines is 2. The summed E-state index contributed by atoms with van der Waals surface area (Å²) in [6.07, 6.45) is 0.564. The minimum Gasteiger partial charge on any atom is -0.323 e. The molecule has 0 aliphatic rings. The van der Waals surface area contributed by atoms with Crippen LogP contribution in [0.4, 0.5) is 15.8 Å². The molecule has 0 spiro atoms. The molecule has 0 aliphatic heterocycles. The minimum absolute atomic E-state index is 0.145. The highest BCUT2D eigenvalue weighted by molar-refractivity contribution is 9.10. The molecule has 3 aromatic carbocycles. The summed E-state index contributed by atoms with van der Waals surface area (Å²) in [5.41, 5.74) is 2.38. The summed E-state index contributed by atoms with van der Waals surface area (Å²) in [6.45, 7) is 3.84. The van der Waals surface area contributed by atoms with E-state index in [1.807, 2.05) is 50.2 Å². The largest absolute Gasteiger partial charge is 0.323 e. The lowest BCUT2D eigenvalue weighted by Crippen LogP contribution is -2.25. The molecular weight excluding hydrogens is 479 g/mol. The molecule has 0 aliphatic carbocycles. The maximum Gasteiger partial charge on any atom is 0.255 e. The van der Waals surface area contributed by atoms with E-state index in [0.717, 1.165) is 10.5 Å². The van der Waals surface area contributed by atoms with Gasteiger partial charge in [0.2, 0.25) is 5.91 Å². The number of carbonyl (C=O) groups excluding carboxylic acids is 2. The van der Waals surface area contributed by atoms with E-state index in [0.29, 0.717) is 22.1 Å². The molecule has 0 heterocycles. The Morgan fingerprint density at radius 3 is 2.52 bits per heavy atom. The summed E-state index contributed by atoms with van der Waals surface area (Å²) in [4.78, 5) is 26.0. The maximum absolute atomic E-state index is 14.1. The first-order valence-electron chi connectivity index (χ1n) is 9.76. The van der Waals surface area contributed by atoms with Crippen LogP contribution in [0.25, 0.3) is 0 Å². The van der Waals surface area contributed by atoms with E-state index in [1.54, 1.807) is 18.2 Å². The maximum atomic E-state index is 14.1. The molecule has 0 radical (unpaired) electrons. The van der Waals surface area contributed by atoms with Crippen molar-refractivity contribution < 1.29 is 14.0 Å². The number of aryl methyl sites for hydroxylation is 1. The van der Waals surface area contributed by atoms with E-state index >= 15 is 0 Å². The highest BCUT2D eigenvalue weighted by Crippen LogP contribution is 2.29. The molecule has 2 amide bonds. The summed E-state index contributed by atoms with van der Waals surface area (Å²) in [5.74, 6) is -0.965. The van der Waals surface area contributed by atoms with Crippen molar-refractivity contribution in [2.75, 3.05) is 10.6 Å². The number of hydrogen-bond acceptors (Lipinski definition) is 3. The van der Waals surface area contributed by atoms with Crippen molar-refractivity contribution in [3.05, 3.63) is 88.1 Å². The van der Waals surface area contributed by atoms with Gasteiger partial charge >= 0.3 is 0 Å². The van der Waals surface area contributed by atoms with Gasteiger partial charge in [0.1, 0.15) is 5.82 Å². The zero-order valence-corrected chi connectivity index (χ0v) is 19.5. The Hall–Kier alpha value is -2.64. The molecule has 0 saturated carbocycles. The van der Waals surface area contributed by atoms with Gasteiger partial charge in [0, 0.05) is 20.6 Å². The lowest BCUT2D eigenvalue weighted by Gasteiger charge is -2.16. The third-order valence-electron chi connectivity index (χ3n) is 4.50. The molecule has 0 bridgehead atoms. The number of halogens is 2. The summed E-state index contributed by atoms with van der Waals surface area (Å²) < 4.78 is 14.7. The Balaban J connectivity index is 1.68. The number of thioether (sulfide) groups is 1.